The Morgan fingerprint density at radius 3 is 2.59 bits per heavy atom. The maximum Gasteiger partial charge on any atom is 0.241 e. The van der Waals surface area contributed by atoms with Crippen LogP contribution in [-0.2, 0) is 10.0 Å². The van der Waals surface area contributed by atoms with Gasteiger partial charge in [0.1, 0.15) is 5.82 Å². The molecule has 17 heavy (non-hydrogen) atoms. The number of halogens is 2. The molecule has 1 aromatic rings. The SMILES string of the molecule is Cc1ccc(F)cc1S(=O)(=O)N[C@@H](C)CN.Cl. The van der Waals surface area contributed by atoms with Gasteiger partial charge in [0.25, 0.3) is 0 Å². The number of nitrogens with one attached hydrogen (secondary N) is 1. The van der Waals surface area contributed by atoms with Crippen LogP contribution in [0.5, 0.6) is 0 Å². The van der Waals surface area contributed by atoms with Gasteiger partial charge in [-0.2, -0.15) is 0 Å². The molecule has 0 bridgehead atoms. The maximum atomic E-state index is 13.0. The minimum atomic E-state index is -3.69. The molecule has 1 rings (SSSR count). The van der Waals surface area contributed by atoms with Crippen LogP contribution in [0.4, 0.5) is 4.39 Å². The highest BCUT2D eigenvalue weighted by Gasteiger charge is 2.19. The minimum Gasteiger partial charge on any atom is -0.329 e. The van der Waals surface area contributed by atoms with E-state index in [4.69, 9.17) is 5.73 Å². The molecule has 0 aromatic heterocycles. The first-order chi connectivity index (χ1) is 7.36. The van der Waals surface area contributed by atoms with Crippen LogP contribution in [0.2, 0.25) is 0 Å². The molecular weight excluding hydrogens is 267 g/mol. The summed E-state index contributed by atoms with van der Waals surface area (Å²) in [6, 6.07) is 3.27. The number of nitrogens with two attached hydrogens (primary N) is 1. The molecule has 0 aliphatic rings. The fourth-order valence-corrected chi connectivity index (χ4v) is 2.75. The molecule has 0 amide bonds. The Kier molecular flexibility index (Phi) is 6.04. The quantitative estimate of drug-likeness (QED) is 0.871. The largest absolute Gasteiger partial charge is 0.329 e. The van der Waals surface area contributed by atoms with Crippen molar-refractivity contribution in [3.63, 3.8) is 0 Å². The second kappa shape index (κ2) is 6.30. The van der Waals surface area contributed by atoms with Crippen molar-refractivity contribution in [1.29, 1.82) is 0 Å². The second-order valence-electron chi connectivity index (χ2n) is 3.67. The lowest BCUT2D eigenvalue weighted by molar-refractivity contribution is 0.559. The Balaban J connectivity index is 0.00000256. The summed E-state index contributed by atoms with van der Waals surface area (Å²) in [5.74, 6) is -0.577. The Morgan fingerprint density at radius 1 is 1.47 bits per heavy atom. The first kappa shape index (κ1) is 16.3. The van der Waals surface area contributed by atoms with Gasteiger partial charge in [-0.05, 0) is 31.5 Å². The zero-order valence-corrected chi connectivity index (χ0v) is 11.2. The van der Waals surface area contributed by atoms with Crippen LogP contribution in [0.1, 0.15) is 12.5 Å². The van der Waals surface area contributed by atoms with Crippen molar-refractivity contribution in [2.75, 3.05) is 6.54 Å². The van der Waals surface area contributed by atoms with Gasteiger partial charge in [-0.3, -0.25) is 0 Å². The molecule has 0 spiro atoms. The molecule has 0 saturated heterocycles. The van der Waals surface area contributed by atoms with E-state index >= 15 is 0 Å². The number of aryl methyl sites for hydroxylation is 1. The number of benzene rings is 1. The van der Waals surface area contributed by atoms with E-state index in [9.17, 15) is 12.8 Å². The monoisotopic (exact) mass is 282 g/mol. The van der Waals surface area contributed by atoms with Gasteiger partial charge in [-0.25, -0.2) is 17.5 Å². The topological polar surface area (TPSA) is 72.2 Å². The van der Waals surface area contributed by atoms with E-state index in [-0.39, 0.29) is 29.9 Å². The normalized spacial score (nSPS) is 12.9. The summed E-state index contributed by atoms with van der Waals surface area (Å²) in [6.07, 6.45) is 0. The molecule has 3 N–H and O–H groups in total. The van der Waals surface area contributed by atoms with Crippen LogP contribution in [0.3, 0.4) is 0 Å². The van der Waals surface area contributed by atoms with E-state index in [1.807, 2.05) is 0 Å². The summed E-state index contributed by atoms with van der Waals surface area (Å²) in [6.45, 7) is 3.45. The molecule has 0 aliphatic heterocycles. The zero-order chi connectivity index (χ0) is 12.3. The number of sulfonamides is 1. The lowest BCUT2D eigenvalue weighted by Gasteiger charge is -2.13. The first-order valence-electron chi connectivity index (χ1n) is 4.85. The highest BCUT2D eigenvalue weighted by Crippen LogP contribution is 2.16. The first-order valence-corrected chi connectivity index (χ1v) is 6.33. The molecular formula is C10H16ClFN2O2S. The van der Waals surface area contributed by atoms with E-state index in [0.717, 1.165) is 6.07 Å². The van der Waals surface area contributed by atoms with Gasteiger partial charge in [-0.1, -0.05) is 6.07 Å². The molecule has 0 fully saturated rings. The molecule has 98 valence electrons. The van der Waals surface area contributed by atoms with Crippen LogP contribution in [0, 0.1) is 12.7 Å². The molecule has 0 heterocycles. The number of hydrogen-bond acceptors (Lipinski definition) is 3. The van der Waals surface area contributed by atoms with E-state index in [2.05, 4.69) is 4.72 Å². The van der Waals surface area contributed by atoms with Gasteiger partial charge in [0.15, 0.2) is 0 Å². The van der Waals surface area contributed by atoms with Crippen molar-refractivity contribution < 1.29 is 12.8 Å². The van der Waals surface area contributed by atoms with E-state index in [1.54, 1.807) is 13.8 Å². The van der Waals surface area contributed by atoms with Gasteiger partial charge < -0.3 is 5.73 Å². The second-order valence-corrected chi connectivity index (χ2v) is 5.35. The Bertz CT molecular complexity index is 479. The molecule has 0 radical (unpaired) electrons. The predicted molar refractivity (Wildman–Crippen MR) is 67.2 cm³/mol. The summed E-state index contributed by atoms with van der Waals surface area (Å²) < 4.78 is 39.0. The van der Waals surface area contributed by atoms with Gasteiger partial charge in [-0.15, -0.1) is 12.4 Å². The average molecular weight is 283 g/mol. The third-order valence-corrected chi connectivity index (χ3v) is 3.88. The van der Waals surface area contributed by atoms with Crippen molar-refractivity contribution in [2.45, 2.75) is 24.8 Å². The van der Waals surface area contributed by atoms with Crippen molar-refractivity contribution in [1.82, 2.24) is 4.72 Å². The fraction of sp³-hybridized carbons (Fsp3) is 0.400. The smallest absolute Gasteiger partial charge is 0.241 e. The van der Waals surface area contributed by atoms with E-state index in [1.165, 1.54) is 12.1 Å². The van der Waals surface area contributed by atoms with Gasteiger partial charge >= 0.3 is 0 Å². The third kappa shape index (κ3) is 4.23. The average Bonchev–Trinajstić information content (AvgIpc) is 2.20. The van der Waals surface area contributed by atoms with Crippen LogP contribution in [0.25, 0.3) is 0 Å². The summed E-state index contributed by atoms with van der Waals surface area (Å²) in [5.41, 5.74) is 5.82. The van der Waals surface area contributed by atoms with E-state index in [0.29, 0.717) is 5.56 Å². The van der Waals surface area contributed by atoms with Crippen LogP contribution in [-0.4, -0.2) is 21.0 Å². The lowest BCUT2D eigenvalue weighted by Crippen LogP contribution is -2.38. The summed E-state index contributed by atoms with van der Waals surface area (Å²) in [5, 5.41) is 0. The van der Waals surface area contributed by atoms with Crippen molar-refractivity contribution in [2.24, 2.45) is 5.73 Å². The van der Waals surface area contributed by atoms with Gasteiger partial charge in [0, 0.05) is 12.6 Å². The van der Waals surface area contributed by atoms with Gasteiger partial charge in [0.05, 0.1) is 4.90 Å². The molecule has 0 aliphatic carbocycles. The number of rotatable bonds is 4. The molecule has 1 atom stereocenters. The molecule has 0 saturated carbocycles. The van der Waals surface area contributed by atoms with Gasteiger partial charge in [0.2, 0.25) is 10.0 Å². The standard InChI is InChI=1S/C10H15FN2O2S.ClH/c1-7-3-4-9(11)5-10(7)16(14,15)13-8(2)6-12;/h3-5,8,13H,6,12H2,1-2H3;1H/t8-;/m0./s1. The fourth-order valence-electron chi connectivity index (χ4n) is 1.24. The molecule has 0 unspecified atom stereocenters. The van der Waals surface area contributed by atoms with Crippen LogP contribution >= 0.6 is 12.4 Å². The predicted octanol–water partition coefficient (Wildman–Crippen LogP) is 1.18. The summed E-state index contributed by atoms with van der Waals surface area (Å²) in [7, 11) is -3.69. The highest BCUT2D eigenvalue weighted by atomic mass is 35.5. The summed E-state index contributed by atoms with van der Waals surface area (Å²) >= 11 is 0. The third-order valence-electron chi connectivity index (χ3n) is 2.15. The maximum absolute atomic E-state index is 13.0. The molecule has 4 nitrogen and oxygen atoms in total. The number of hydrogen-bond donors (Lipinski definition) is 2. The Labute approximate surface area is 107 Å². The van der Waals surface area contributed by atoms with Crippen molar-refractivity contribution in [3.8, 4) is 0 Å². The van der Waals surface area contributed by atoms with E-state index < -0.39 is 15.8 Å². The van der Waals surface area contributed by atoms with Crippen LogP contribution in [0.15, 0.2) is 23.1 Å². The Morgan fingerprint density at radius 2 is 2.06 bits per heavy atom. The Hall–Kier alpha value is -0.690. The zero-order valence-electron chi connectivity index (χ0n) is 9.60. The van der Waals surface area contributed by atoms with Crippen molar-refractivity contribution >= 4 is 22.4 Å². The molecule has 7 heteroatoms. The molecule has 1 aromatic carbocycles. The minimum absolute atomic E-state index is 0. The van der Waals surface area contributed by atoms with Crippen molar-refractivity contribution in [3.05, 3.63) is 29.6 Å². The highest BCUT2D eigenvalue weighted by molar-refractivity contribution is 7.89. The van der Waals surface area contributed by atoms with Crippen LogP contribution < -0.4 is 10.5 Å². The summed E-state index contributed by atoms with van der Waals surface area (Å²) in [4.78, 5) is -0.0483. The lowest BCUT2D eigenvalue weighted by atomic mass is 10.2.